The average molecular weight is 296 g/mol. The van der Waals surface area contributed by atoms with E-state index in [2.05, 4.69) is 41.2 Å². The van der Waals surface area contributed by atoms with Gasteiger partial charge in [-0.2, -0.15) is 5.26 Å². The van der Waals surface area contributed by atoms with E-state index in [1.54, 1.807) is 0 Å². The number of benzene rings is 1. The number of nitrogens with two attached hydrogens (primary N) is 1. The predicted octanol–water partition coefficient (Wildman–Crippen LogP) is 3.11. The quantitative estimate of drug-likeness (QED) is 0.877. The molecule has 92 valence electrons. The van der Waals surface area contributed by atoms with Crippen LogP contribution in [0.25, 0.3) is 0 Å². The highest BCUT2D eigenvalue weighted by Crippen LogP contribution is 2.25. The fourth-order valence-electron chi connectivity index (χ4n) is 1.76. The normalized spacial score (nSPS) is 12.2. The van der Waals surface area contributed by atoms with Crippen molar-refractivity contribution in [2.24, 2.45) is 11.7 Å². The maximum Gasteiger partial charge on any atom is 0.103 e. The summed E-state index contributed by atoms with van der Waals surface area (Å²) in [5, 5.41) is 12.5. The first-order chi connectivity index (χ1) is 8.08. The molecule has 0 aliphatic heterocycles. The van der Waals surface area contributed by atoms with E-state index in [4.69, 9.17) is 11.0 Å². The highest BCUT2D eigenvalue weighted by Gasteiger charge is 2.12. The zero-order valence-corrected chi connectivity index (χ0v) is 11.8. The van der Waals surface area contributed by atoms with Gasteiger partial charge in [-0.25, -0.2) is 0 Å². The summed E-state index contributed by atoms with van der Waals surface area (Å²) in [7, 11) is 0. The molecule has 3 nitrogen and oxygen atoms in total. The van der Waals surface area contributed by atoms with Crippen molar-refractivity contribution in [2.75, 3.05) is 11.9 Å². The van der Waals surface area contributed by atoms with Gasteiger partial charge in [0.05, 0.1) is 11.3 Å². The molecule has 1 aromatic carbocycles. The minimum absolute atomic E-state index is 0.205. The van der Waals surface area contributed by atoms with Gasteiger partial charge in [-0.15, -0.1) is 0 Å². The maximum absolute atomic E-state index is 9.12. The van der Waals surface area contributed by atoms with Gasteiger partial charge in [-0.1, -0.05) is 19.9 Å². The molecule has 0 saturated heterocycles. The number of hydrogen-bond acceptors (Lipinski definition) is 3. The van der Waals surface area contributed by atoms with Crippen LogP contribution in [0.2, 0.25) is 0 Å². The second-order valence-corrected chi connectivity index (χ2v) is 5.34. The number of nitrogens with zero attached hydrogens (tertiary/aromatic N) is 1. The van der Waals surface area contributed by atoms with Gasteiger partial charge in [0.15, 0.2) is 0 Å². The number of hydrogen-bond donors (Lipinski definition) is 2. The molecule has 0 aromatic heterocycles. The fourth-order valence-corrected chi connectivity index (χ4v) is 2.22. The van der Waals surface area contributed by atoms with E-state index in [9.17, 15) is 0 Å². The number of nitriles is 1. The van der Waals surface area contributed by atoms with Crippen molar-refractivity contribution >= 4 is 21.6 Å². The molecule has 1 atom stereocenters. The molecule has 0 aliphatic rings. The molecule has 0 bridgehead atoms. The zero-order valence-electron chi connectivity index (χ0n) is 10.2. The Labute approximate surface area is 111 Å². The Hall–Kier alpha value is -1.05. The van der Waals surface area contributed by atoms with Crippen molar-refractivity contribution < 1.29 is 0 Å². The van der Waals surface area contributed by atoms with Crippen molar-refractivity contribution in [3.8, 4) is 6.07 Å². The summed E-state index contributed by atoms with van der Waals surface area (Å²) in [5.74, 6) is 0.578. The minimum atomic E-state index is 0.205. The van der Waals surface area contributed by atoms with Gasteiger partial charge in [-0.3, -0.25) is 0 Å². The summed E-state index contributed by atoms with van der Waals surface area (Å²) < 4.78 is 0.810. The Balaban J connectivity index is 2.87. The highest BCUT2D eigenvalue weighted by molar-refractivity contribution is 9.10. The van der Waals surface area contributed by atoms with E-state index >= 15 is 0 Å². The molecule has 1 unspecified atom stereocenters. The van der Waals surface area contributed by atoms with Crippen LogP contribution in [0, 0.1) is 17.2 Å². The van der Waals surface area contributed by atoms with Crippen molar-refractivity contribution in [3.63, 3.8) is 0 Å². The molecule has 17 heavy (non-hydrogen) atoms. The summed E-state index contributed by atoms with van der Waals surface area (Å²) in [6.07, 6.45) is 0.994. The largest absolute Gasteiger partial charge is 0.380 e. The van der Waals surface area contributed by atoms with Crippen molar-refractivity contribution in [2.45, 2.75) is 26.3 Å². The van der Waals surface area contributed by atoms with Gasteiger partial charge in [0.25, 0.3) is 0 Å². The van der Waals surface area contributed by atoms with Crippen LogP contribution in [0.4, 0.5) is 5.69 Å². The number of anilines is 1. The van der Waals surface area contributed by atoms with Gasteiger partial charge in [0.1, 0.15) is 6.07 Å². The first-order valence-corrected chi connectivity index (χ1v) is 6.53. The lowest BCUT2D eigenvalue weighted by atomic mass is 10.0. The van der Waals surface area contributed by atoms with E-state index in [0.717, 1.165) is 16.6 Å². The second kappa shape index (κ2) is 6.63. The summed E-state index contributed by atoms with van der Waals surface area (Å²) in [5.41, 5.74) is 7.22. The van der Waals surface area contributed by atoms with Crippen LogP contribution in [0.1, 0.15) is 25.8 Å². The van der Waals surface area contributed by atoms with E-state index in [1.165, 1.54) is 0 Å². The van der Waals surface area contributed by atoms with Crippen LogP contribution >= 0.6 is 15.9 Å². The van der Waals surface area contributed by atoms with Crippen LogP contribution in [-0.2, 0) is 0 Å². The zero-order chi connectivity index (χ0) is 12.8. The first kappa shape index (κ1) is 14.0. The molecule has 0 amide bonds. The predicted molar refractivity (Wildman–Crippen MR) is 74.8 cm³/mol. The van der Waals surface area contributed by atoms with Crippen LogP contribution in [-0.4, -0.2) is 12.6 Å². The van der Waals surface area contributed by atoms with Gasteiger partial charge < -0.3 is 11.1 Å². The third-order valence-corrected chi connectivity index (χ3v) is 3.19. The van der Waals surface area contributed by atoms with Crippen LogP contribution in [0.15, 0.2) is 22.7 Å². The summed E-state index contributed by atoms with van der Waals surface area (Å²) in [6.45, 7) is 4.89. The lowest BCUT2D eigenvalue weighted by Crippen LogP contribution is -2.30. The number of nitrogens with one attached hydrogen (secondary N) is 1. The van der Waals surface area contributed by atoms with Crippen molar-refractivity contribution in [3.05, 3.63) is 28.2 Å². The third kappa shape index (κ3) is 4.03. The molecule has 0 radical (unpaired) electrons. The van der Waals surface area contributed by atoms with Gasteiger partial charge >= 0.3 is 0 Å². The number of rotatable bonds is 5. The summed E-state index contributed by atoms with van der Waals surface area (Å²) in [6, 6.07) is 8.09. The highest BCUT2D eigenvalue weighted by atomic mass is 79.9. The molecule has 4 heteroatoms. The van der Waals surface area contributed by atoms with Crippen LogP contribution in [0.5, 0.6) is 0 Å². The molecular formula is C13H18BrN3. The lowest BCUT2D eigenvalue weighted by molar-refractivity contribution is 0.522. The lowest BCUT2D eigenvalue weighted by Gasteiger charge is -2.21. The molecular weight excluding hydrogens is 278 g/mol. The fraction of sp³-hybridized carbons (Fsp3) is 0.462. The van der Waals surface area contributed by atoms with E-state index in [1.807, 2.05) is 18.2 Å². The number of halogens is 1. The SMILES string of the molecule is CC(C)CC(CN)Nc1cccc(Br)c1C#N. The molecule has 3 N–H and O–H groups in total. The molecule has 0 spiro atoms. The van der Waals surface area contributed by atoms with Gasteiger partial charge in [0.2, 0.25) is 0 Å². The molecule has 0 aliphatic carbocycles. The summed E-state index contributed by atoms with van der Waals surface area (Å²) in [4.78, 5) is 0. The molecule has 1 aromatic rings. The third-order valence-electron chi connectivity index (χ3n) is 2.53. The Kier molecular flexibility index (Phi) is 5.46. The first-order valence-electron chi connectivity index (χ1n) is 5.73. The minimum Gasteiger partial charge on any atom is -0.380 e. The van der Waals surface area contributed by atoms with E-state index < -0.39 is 0 Å². The van der Waals surface area contributed by atoms with E-state index in [0.29, 0.717) is 18.0 Å². The Morgan fingerprint density at radius 3 is 2.71 bits per heavy atom. The average Bonchev–Trinajstić information content (AvgIpc) is 2.28. The Bertz CT molecular complexity index is 410. The van der Waals surface area contributed by atoms with Crippen LogP contribution < -0.4 is 11.1 Å². The molecule has 0 saturated carbocycles. The smallest absolute Gasteiger partial charge is 0.103 e. The topological polar surface area (TPSA) is 61.8 Å². The van der Waals surface area contributed by atoms with Gasteiger partial charge in [0, 0.05) is 17.1 Å². The van der Waals surface area contributed by atoms with Crippen LogP contribution in [0.3, 0.4) is 0 Å². The molecule has 1 rings (SSSR count). The van der Waals surface area contributed by atoms with E-state index in [-0.39, 0.29) is 6.04 Å². The monoisotopic (exact) mass is 295 g/mol. The summed E-state index contributed by atoms with van der Waals surface area (Å²) >= 11 is 3.38. The second-order valence-electron chi connectivity index (χ2n) is 4.48. The molecule has 0 heterocycles. The Morgan fingerprint density at radius 2 is 2.18 bits per heavy atom. The standard InChI is InChI=1S/C13H18BrN3/c1-9(2)6-10(7-15)17-13-5-3-4-12(14)11(13)8-16/h3-5,9-10,17H,6-7,15H2,1-2H3. The van der Waals surface area contributed by atoms with Crippen molar-refractivity contribution in [1.82, 2.24) is 0 Å². The maximum atomic E-state index is 9.12. The Morgan fingerprint density at radius 1 is 1.47 bits per heavy atom. The molecule has 0 fully saturated rings. The van der Waals surface area contributed by atoms with Gasteiger partial charge in [-0.05, 0) is 40.4 Å². The van der Waals surface area contributed by atoms with Crippen molar-refractivity contribution in [1.29, 1.82) is 5.26 Å².